The first kappa shape index (κ1) is 17.4. The quantitative estimate of drug-likeness (QED) is 0.689. The molecule has 1 aromatic heterocycles. The Morgan fingerprint density at radius 2 is 1.96 bits per heavy atom. The highest BCUT2D eigenvalue weighted by Crippen LogP contribution is 2.26. The molecule has 5 nitrogen and oxygen atoms in total. The summed E-state index contributed by atoms with van der Waals surface area (Å²) in [6.07, 6.45) is 0. The van der Waals surface area contributed by atoms with Crippen LogP contribution < -0.4 is 10.1 Å². The fourth-order valence-electron chi connectivity index (χ4n) is 2.52. The van der Waals surface area contributed by atoms with Crippen molar-refractivity contribution in [2.24, 2.45) is 7.05 Å². The summed E-state index contributed by atoms with van der Waals surface area (Å²) in [4.78, 5) is 17.0. The van der Waals surface area contributed by atoms with Crippen LogP contribution in [-0.4, -0.2) is 27.8 Å². The van der Waals surface area contributed by atoms with E-state index in [1.807, 2.05) is 67.1 Å². The Labute approximate surface area is 151 Å². The van der Waals surface area contributed by atoms with Crippen LogP contribution in [0, 0.1) is 0 Å². The van der Waals surface area contributed by atoms with E-state index in [4.69, 9.17) is 4.74 Å². The molecule has 0 aliphatic rings. The van der Waals surface area contributed by atoms with Gasteiger partial charge in [0, 0.05) is 13.6 Å². The molecule has 0 unspecified atom stereocenters. The Bertz CT molecular complexity index is 874. The molecule has 6 heteroatoms. The highest BCUT2D eigenvalue weighted by Gasteiger charge is 2.18. The normalized spacial score (nSPS) is 12.1. The highest BCUT2D eigenvalue weighted by molar-refractivity contribution is 8.00. The largest absolute Gasteiger partial charge is 0.497 e. The van der Waals surface area contributed by atoms with Crippen LogP contribution in [0.5, 0.6) is 5.75 Å². The average molecular weight is 355 g/mol. The molecule has 1 amide bonds. The summed E-state index contributed by atoms with van der Waals surface area (Å²) in [5, 5.41) is 3.59. The maximum atomic E-state index is 12.4. The van der Waals surface area contributed by atoms with Crippen molar-refractivity contribution < 1.29 is 9.53 Å². The number of nitrogens with one attached hydrogen (secondary N) is 1. The molecule has 0 saturated heterocycles. The first-order valence-corrected chi connectivity index (χ1v) is 8.95. The van der Waals surface area contributed by atoms with E-state index in [2.05, 4.69) is 10.3 Å². The summed E-state index contributed by atoms with van der Waals surface area (Å²) in [6, 6.07) is 15.6. The summed E-state index contributed by atoms with van der Waals surface area (Å²) in [7, 11) is 3.61. The lowest BCUT2D eigenvalue weighted by Gasteiger charge is -2.12. The Kier molecular flexibility index (Phi) is 5.28. The van der Waals surface area contributed by atoms with Gasteiger partial charge in [-0.15, -0.1) is 0 Å². The molecule has 0 fully saturated rings. The van der Waals surface area contributed by atoms with Crippen molar-refractivity contribution in [3.63, 3.8) is 0 Å². The number of fused-ring (bicyclic) bond motifs is 1. The zero-order chi connectivity index (χ0) is 17.8. The van der Waals surface area contributed by atoms with E-state index in [0.29, 0.717) is 6.54 Å². The van der Waals surface area contributed by atoms with Crippen LogP contribution in [-0.2, 0) is 18.4 Å². The predicted molar refractivity (Wildman–Crippen MR) is 101 cm³/mol. The number of hydrogen-bond acceptors (Lipinski definition) is 4. The van der Waals surface area contributed by atoms with Gasteiger partial charge in [0.2, 0.25) is 5.91 Å². The fourth-order valence-corrected chi connectivity index (χ4v) is 3.43. The van der Waals surface area contributed by atoms with Gasteiger partial charge in [0.15, 0.2) is 5.16 Å². The zero-order valence-electron chi connectivity index (χ0n) is 14.5. The van der Waals surface area contributed by atoms with Gasteiger partial charge in [-0.05, 0) is 36.8 Å². The van der Waals surface area contributed by atoms with Gasteiger partial charge in [0.05, 0.1) is 23.4 Å². The summed E-state index contributed by atoms with van der Waals surface area (Å²) in [5.41, 5.74) is 3.04. The van der Waals surface area contributed by atoms with E-state index in [9.17, 15) is 4.79 Å². The number of hydrogen-bond donors (Lipinski definition) is 1. The molecule has 0 radical (unpaired) electrons. The average Bonchev–Trinajstić information content (AvgIpc) is 2.96. The number of aryl methyl sites for hydroxylation is 1. The third-order valence-corrected chi connectivity index (χ3v) is 5.17. The molecule has 0 bridgehead atoms. The molecule has 0 aliphatic carbocycles. The van der Waals surface area contributed by atoms with Crippen molar-refractivity contribution in [1.29, 1.82) is 0 Å². The van der Waals surface area contributed by atoms with Crippen molar-refractivity contribution in [2.75, 3.05) is 7.11 Å². The molecule has 0 saturated carbocycles. The number of rotatable bonds is 6. The van der Waals surface area contributed by atoms with E-state index >= 15 is 0 Å². The molecule has 0 aliphatic heterocycles. The van der Waals surface area contributed by atoms with Gasteiger partial charge in [-0.1, -0.05) is 36.0 Å². The number of benzene rings is 2. The van der Waals surface area contributed by atoms with Crippen LogP contribution in [0.3, 0.4) is 0 Å². The molecule has 1 N–H and O–H groups in total. The van der Waals surface area contributed by atoms with Crippen LogP contribution >= 0.6 is 11.8 Å². The van der Waals surface area contributed by atoms with Crippen LogP contribution in [0.15, 0.2) is 53.7 Å². The number of carbonyl (C=O) groups excluding carboxylic acids is 1. The molecule has 2 aromatic carbocycles. The number of amides is 1. The van der Waals surface area contributed by atoms with Gasteiger partial charge < -0.3 is 14.6 Å². The SMILES string of the molecule is COc1ccc(CNC(=O)[C@@H](C)Sc2nc3ccccc3n2C)cc1. The van der Waals surface area contributed by atoms with Crippen molar-refractivity contribution in [3.05, 3.63) is 54.1 Å². The van der Waals surface area contributed by atoms with Crippen molar-refractivity contribution in [1.82, 2.24) is 14.9 Å². The molecular weight excluding hydrogens is 334 g/mol. The topological polar surface area (TPSA) is 56.1 Å². The van der Waals surface area contributed by atoms with E-state index in [1.165, 1.54) is 11.8 Å². The number of para-hydroxylation sites is 2. The van der Waals surface area contributed by atoms with Gasteiger partial charge in [0.1, 0.15) is 5.75 Å². The second kappa shape index (κ2) is 7.61. The standard InChI is InChI=1S/C19H21N3O2S/c1-13(18(23)20-12-14-8-10-15(24-3)11-9-14)25-19-21-16-6-4-5-7-17(16)22(19)2/h4-11,13H,12H2,1-3H3,(H,20,23)/t13-/m1/s1. The lowest BCUT2D eigenvalue weighted by molar-refractivity contribution is -0.120. The predicted octanol–water partition coefficient (Wildman–Crippen LogP) is 3.38. The minimum Gasteiger partial charge on any atom is -0.497 e. The van der Waals surface area contributed by atoms with Gasteiger partial charge in [-0.25, -0.2) is 4.98 Å². The first-order valence-electron chi connectivity index (χ1n) is 8.07. The number of nitrogens with zero attached hydrogens (tertiary/aromatic N) is 2. The molecule has 3 aromatic rings. The summed E-state index contributed by atoms with van der Waals surface area (Å²) in [5.74, 6) is 0.800. The molecule has 25 heavy (non-hydrogen) atoms. The Balaban J connectivity index is 1.60. The zero-order valence-corrected chi connectivity index (χ0v) is 15.3. The molecular formula is C19H21N3O2S. The smallest absolute Gasteiger partial charge is 0.233 e. The van der Waals surface area contributed by atoms with E-state index in [-0.39, 0.29) is 11.2 Å². The van der Waals surface area contributed by atoms with Crippen LogP contribution in [0.4, 0.5) is 0 Å². The van der Waals surface area contributed by atoms with E-state index in [0.717, 1.165) is 27.5 Å². The monoisotopic (exact) mass is 355 g/mol. The minimum atomic E-state index is -0.228. The van der Waals surface area contributed by atoms with Gasteiger partial charge in [0.25, 0.3) is 0 Å². The second-order valence-electron chi connectivity index (χ2n) is 5.77. The second-order valence-corrected chi connectivity index (χ2v) is 7.08. The van der Waals surface area contributed by atoms with Crippen LogP contribution in [0.2, 0.25) is 0 Å². The van der Waals surface area contributed by atoms with Gasteiger partial charge >= 0.3 is 0 Å². The van der Waals surface area contributed by atoms with Gasteiger partial charge in [-0.3, -0.25) is 4.79 Å². The molecule has 1 heterocycles. The lowest BCUT2D eigenvalue weighted by Crippen LogP contribution is -2.30. The number of ether oxygens (including phenoxy) is 1. The van der Waals surface area contributed by atoms with Crippen molar-refractivity contribution >= 4 is 28.7 Å². The Hall–Kier alpha value is -2.47. The van der Waals surface area contributed by atoms with Crippen molar-refractivity contribution in [2.45, 2.75) is 23.9 Å². The summed E-state index contributed by atoms with van der Waals surface area (Å²) >= 11 is 1.47. The lowest BCUT2D eigenvalue weighted by atomic mass is 10.2. The third-order valence-electron chi connectivity index (χ3n) is 4.02. The molecule has 0 spiro atoms. The first-order chi connectivity index (χ1) is 12.1. The molecule has 3 rings (SSSR count). The summed E-state index contributed by atoms with van der Waals surface area (Å²) < 4.78 is 7.16. The molecule has 1 atom stereocenters. The molecule has 130 valence electrons. The van der Waals surface area contributed by atoms with Crippen molar-refractivity contribution in [3.8, 4) is 5.75 Å². The fraction of sp³-hybridized carbons (Fsp3) is 0.263. The maximum Gasteiger partial charge on any atom is 0.233 e. The van der Waals surface area contributed by atoms with Crippen LogP contribution in [0.1, 0.15) is 12.5 Å². The van der Waals surface area contributed by atoms with E-state index in [1.54, 1.807) is 7.11 Å². The van der Waals surface area contributed by atoms with E-state index < -0.39 is 0 Å². The Morgan fingerprint density at radius 3 is 2.64 bits per heavy atom. The number of carbonyl (C=O) groups is 1. The highest BCUT2D eigenvalue weighted by atomic mass is 32.2. The summed E-state index contributed by atoms with van der Waals surface area (Å²) in [6.45, 7) is 2.39. The maximum absolute atomic E-state index is 12.4. The minimum absolute atomic E-state index is 0.00660. The van der Waals surface area contributed by atoms with Gasteiger partial charge in [-0.2, -0.15) is 0 Å². The number of thioether (sulfide) groups is 1. The Morgan fingerprint density at radius 1 is 1.24 bits per heavy atom. The number of imidazole rings is 1. The van der Waals surface area contributed by atoms with Crippen LogP contribution in [0.25, 0.3) is 11.0 Å². The third kappa shape index (κ3) is 3.96. The number of aromatic nitrogens is 2. The number of methoxy groups -OCH3 is 1.